The number of carboxylic acid groups (broad SMARTS) is 1. The lowest BCUT2D eigenvalue weighted by Gasteiger charge is -2.33. The van der Waals surface area contributed by atoms with Gasteiger partial charge in [-0.15, -0.1) is 0 Å². The number of aryl methyl sites for hydroxylation is 1. The topological polar surface area (TPSA) is 62.5 Å². The molecule has 1 aliphatic heterocycles. The van der Waals surface area contributed by atoms with Crippen molar-refractivity contribution in [1.29, 1.82) is 0 Å². The zero-order valence-electron chi connectivity index (χ0n) is 14.7. The summed E-state index contributed by atoms with van der Waals surface area (Å²) < 4.78 is 2.03. The molecule has 0 amide bonds. The molecule has 1 aromatic heterocycles. The van der Waals surface area contributed by atoms with E-state index in [1.165, 1.54) is 5.56 Å². The van der Waals surface area contributed by atoms with E-state index in [1.54, 1.807) is 19.1 Å². The highest BCUT2D eigenvalue weighted by molar-refractivity contribution is 5.94. The number of nitrogens with zero attached hydrogens (tertiary/aromatic N) is 2. The average Bonchev–Trinajstić information content (AvgIpc) is 2.96. The first kappa shape index (κ1) is 17.4. The van der Waals surface area contributed by atoms with Crippen LogP contribution >= 0.6 is 0 Å². The summed E-state index contributed by atoms with van der Waals surface area (Å²) in [5.41, 5.74) is 3.44. The number of likely N-dealkylation sites (tertiary alicyclic amines) is 1. The Morgan fingerprint density at radius 3 is 2.52 bits per heavy atom. The Balaban J connectivity index is 1.68. The lowest BCUT2D eigenvalue weighted by atomic mass is 9.90. The van der Waals surface area contributed by atoms with Crippen LogP contribution in [-0.2, 0) is 13.6 Å². The van der Waals surface area contributed by atoms with E-state index in [4.69, 9.17) is 5.11 Å². The predicted molar refractivity (Wildman–Crippen MR) is 96.1 cm³/mol. The number of rotatable bonds is 5. The van der Waals surface area contributed by atoms with E-state index in [-0.39, 0.29) is 5.78 Å². The van der Waals surface area contributed by atoms with Crippen molar-refractivity contribution in [3.63, 3.8) is 0 Å². The van der Waals surface area contributed by atoms with Crippen LogP contribution in [0, 0.1) is 0 Å². The highest BCUT2D eigenvalue weighted by atomic mass is 16.4. The Hall–Kier alpha value is -2.40. The summed E-state index contributed by atoms with van der Waals surface area (Å²) in [5.74, 6) is -0.372. The molecular weight excluding hydrogens is 316 g/mol. The monoisotopic (exact) mass is 340 g/mol. The van der Waals surface area contributed by atoms with Crippen LogP contribution in [0.4, 0.5) is 0 Å². The normalized spacial score (nSPS) is 18.2. The Morgan fingerprint density at radius 2 is 1.92 bits per heavy atom. The van der Waals surface area contributed by atoms with Gasteiger partial charge in [0.15, 0.2) is 5.78 Å². The van der Waals surface area contributed by atoms with Crippen LogP contribution in [0.1, 0.15) is 57.7 Å². The molecule has 0 radical (unpaired) electrons. The van der Waals surface area contributed by atoms with Crippen LogP contribution in [0.3, 0.4) is 0 Å². The third-order valence-corrected chi connectivity index (χ3v) is 5.03. The van der Waals surface area contributed by atoms with Crippen molar-refractivity contribution in [2.75, 3.05) is 13.1 Å². The second kappa shape index (κ2) is 7.23. The molecular formula is C20H24N2O3. The number of Topliss-reactive ketones (excluding diaryl/α,β-unsaturated/α-hetero) is 1. The van der Waals surface area contributed by atoms with Gasteiger partial charge in [0, 0.05) is 37.6 Å². The fourth-order valence-corrected chi connectivity index (χ4v) is 3.56. The van der Waals surface area contributed by atoms with Gasteiger partial charge in [0.1, 0.15) is 0 Å². The summed E-state index contributed by atoms with van der Waals surface area (Å²) in [6, 6.07) is 9.23. The average molecular weight is 340 g/mol. The van der Waals surface area contributed by atoms with E-state index < -0.39 is 5.97 Å². The number of ketones is 1. The molecule has 5 heteroatoms. The maximum absolute atomic E-state index is 11.5. The standard InChI is InChI=1S/C20H24N2O3/c1-14(23)18-10-19(21(2)11-18)13-22-9-3-4-17(12-22)15-5-7-16(8-6-15)20(24)25/h5-8,10-11,17H,3-4,9,12-13H2,1-2H3,(H,24,25)/t17-/m1/s1. The zero-order chi connectivity index (χ0) is 18.0. The SMILES string of the molecule is CC(=O)c1cc(CN2CCC[C@@H](c3ccc(C(=O)O)cc3)C2)n(C)c1. The van der Waals surface area contributed by atoms with Gasteiger partial charge in [0.25, 0.3) is 0 Å². The number of carboxylic acids is 1. The molecule has 0 unspecified atom stereocenters. The second-order valence-electron chi connectivity index (χ2n) is 6.89. The quantitative estimate of drug-likeness (QED) is 0.848. The van der Waals surface area contributed by atoms with Gasteiger partial charge in [-0.25, -0.2) is 4.79 Å². The molecule has 1 atom stereocenters. The second-order valence-corrected chi connectivity index (χ2v) is 6.89. The highest BCUT2D eigenvalue weighted by Gasteiger charge is 2.22. The first-order chi connectivity index (χ1) is 11.9. The van der Waals surface area contributed by atoms with Crippen LogP contribution in [-0.4, -0.2) is 39.4 Å². The number of hydrogen-bond acceptors (Lipinski definition) is 3. The molecule has 0 bridgehead atoms. The molecule has 1 saturated heterocycles. The highest BCUT2D eigenvalue weighted by Crippen LogP contribution is 2.28. The van der Waals surface area contributed by atoms with Gasteiger partial charge in [0.2, 0.25) is 0 Å². The molecule has 0 aliphatic carbocycles. The van der Waals surface area contributed by atoms with Crippen molar-refractivity contribution in [3.05, 3.63) is 58.9 Å². The lowest BCUT2D eigenvalue weighted by Crippen LogP contribution is -2.34. The minimum atomic E-state index is -0.887. The molecule has 1 fully saturated rings. The maximum Gasteiger partial charge on any atom is 0.335 e. The summed E-state index contributed by atoms with van der Waals surface area (Å²) in [4.78, 5) is 25.0. The van der Waals surface area contributed by atoms with Crippen molar-refractivity contribution in [2.24, 2.45) is 7.05 Å². The maximum atomic E-state index is 11.5. The lowest BCUT2D eigenvalue weighted by molar-refractivity contribution is 0.0696. The Bertz CT molecular complexity index is 777. The summed E-state index contributed by atoms with van der Waals surface area (Å²) >= 11 is 0. The minimum Gasteiger partial charge on any atom is -0.478 e. The van der Waals surface area contributed by atoms with E-state index in [1.807, 2.05) is 36.0 Å². The molecule has 5 nitrogen and oxygen atoms in total. The summed E-state index contributed by atoms with van der Waals surface area (Å²) in [6.07, 6.45) is 4.13. The van der Waals surface area contributed by atoms with Crippen molar-refractivity contribution >= 4 is 11.8 Å². The molecule has 1 N–H and O–H groups in total. The number of aromatic carboxylic acids is 1. The largest absolute Gasteiger partial charge is 0.478 e. The Kier molecular flexibility index (Phi) is 5.04. The molecule has 2 heterocycles. The summed E-state index contributed by atoms with van der Waals surface area (Å²) in [6.45, 7) is 4.42. The zero-order valence-corrected chi connectivity index (χ0v) is 14.7. The third-order valence-electron chi connectivity index (χ3n) is 5.03. The van der Waals surface area contributed by atoms with Crippen molar-refractivity contribution in [2.45, 2.75) is 32.2 Å². The molecule has 0 saturated carbocycles. The summed E-state index contributed by atoms with van der Waals surface area (Å²) in [5, 5.41) is 9.02. The number of hydrogen-bond donors (Lipinski definition) is 1. The van der Waals surface area contributed by atoms with E-state index in [0.717, 1.165) is 43.7 Å². The van der Waals surface area contributed by atoms with Crippen LogP contribution in [0.5, 0.6) is 0 Å². The van der Waals surface area contributed by atoms with Crippen LogP contribution in [0.2, 0.25) is 0 Å². The number of carbonyl (C=O) groups excluding carboxylic acids is 1. The van der Waals surface area contributed by atoms with Crippen molar-refractivity contribution < 1.29 is 14.7 Å². The molecule has 132 valence electrons. The number of carbonyl (C=O) groups is 2. The summed E-state index contributed by atoms with van der Waals surface area (Å²) in [7, 11) is 1.98. The van der Waals surface area contributed by atoms with Gasteiger partial charge in [-0.3, -0.25) is 9.69 Å². The fraction of sp³-hybridized carbons (Fsp3) is 0.400. The number of benzene rings is 1. The van der Waals surface area contributed by atoms with Gasteiger partial charge in [-0.1, -0.05) is 12.1 Å². The smallest absolute Gasteiger partial charge is 0.335 e. The first-order valence-corrected chi connectivity index (χ1v) is 8.66. The van der Waals surface area contributed by atoms with E-state index in [2.05, 4.69) is 4.90 Å². The number of piperidine rings is 1. The van der Waals surface area contributed by atoms with Crippen LogP contribution in [0.25, 0.3) is 0 Å². The minimum absolute atomic E-state index is 0.0943. The van der Waals surface area contributed by atoms with E-state index in [0.29, 0.717) is 11.5 Å². The van der Waals surface area contributed by atoms with Gasteiger partial charge in [-0.2, -0.15) is 0 Å². The van der Waals surface area contributed by atoms with E-state index >= 15 is 0 Å². The number of aromatic nitrogens is 1. The fourth-order valence-electron chi connectivity index (χ4n) is 3.56. The Morgan fingerprint density at radius 1 is 1.20 bits per heavy atom. The van der Waals surface area contributed by atoms with Gasteiger partial charge in [0.05, 0.1) is 5.56 Å². The predicted octanol–water partition coefficient (Wildman–Crippen LogP) is 3.31. The Labute approximate surface area is 147 Å². The molecule has 1 aliphatic rings. The van der Waals surface area contributed by atoms with Crippen LogP contribution in [0.15, 0.2) is 36.5 Å². The van der Waals surface area contributed by atoms with E-state index in [9.17, 15) is 9.59 Å². The molecule has 25 heavy (non-hydrogen) atoms. The van der Waals surface area contributed by atoms with Crippen LogP contribution < -0.4 is 0 Å². The van der Waals surface area contributed by atoms with Gasteiger partial charge >= 0.3 is 5.97 Å². The molecule has 2 aromatic rings. The molecule has 1 aromatic carbocycles. The first-order valence-electron chi connectivity index (χ1n) is 8.66. The van der Waals surface area contributed by atoms with Gasteiger partial charge in [-0.05, 0) is 56.0 Å². The molecule has 3 rings (SSSR count). The van der Waals surface area contributed by atoms with Crippen molar-refractivity contribution in [1.82, 2.24) is 9.47 Å². The van der Waals surface area contributed by atoms with Crippen molar-refractivity contribution in [3.8, 4) is 0 Å². The third kappa shape index (κ3) is 3.99. The van der Waals surface area contributed by atoms with Gasteiger partial charge < -0.3 is 9.67 Å². The molecule has 0 spiro atoms.